The topological polar surface area (TPSA) is 35.5 Å². The number of rotatable bonds is 3. The quantitative estimate of drug-likeness (QED) is 0.765. The Morgan fingerprint density at radius 3 is 2.57 bits per heavy atom. The fourth-order valence-electron chi connectivity index (χ4n) is 4.25. The Balaban J connectivity index is 1.54. The molecule has 1 aliphatic heterocycles. The lowest BCUT2D eigenvalue weighted by atomic mass is 9.84. The number of Topliss-reactive ketones (excluding diaryl/α,β-unsaturated/α-hetero) is 1. The minimum Gasteiger partial charge on any atom is -0.486 e. The van der Waals surface area contributed by atoms with Gasteiger partial charge in [0.1, 0.15) is 13.2 Å². The molecule has 3 aliphatic rings. The van der Waals surface area contributed by atoms with Crippen LogP contribution in [0.2, 0.25) is 0 Å². The highest BCUT2D eigenvalue weighted by atomic mass is 79.9. The number of halogens is 1. The third-order valence-corrected chi connectivity index (χ3v) is 5.92. The molecule has 4 rings (SSSR count). The summed E-state index contributed by atoms with van der Waals surface area (Å²) in [6.45, 7) is 1.12. The van der Waals surface area contributed by atoms with Gasteiger partial charge in [-0.1, -0.05) is 6.42 Å². The highest BCUT2D eigenvalue weighted by Gasteiger charge is 2.40. The molecule has 3 nitrogen and oxygen atoms in total. The molecule has 0 radical (unpaired) electrons. The van der Waals surface area contributed by atoms with E-state index in [1.54, 1.807) is 0 Å². The third-order valence-electron chi connectivity index (χ3n) is 5.26. The minimum absolute atomic E-state index is 0.233. The summed E-state index contributed by atoms with van der Waals surface area (Å²) in [6, 6.07) is 3.71. The summed E-state index contributed by atoms with van der Waals surface area (Å²) in [7, 11) is 0. The van der Waals surface area contributed by atoms with E-state index in [-0.39, 0.29) is 5.78 Å². The number of ketones is 1. The first-order valence-corrected chi connectivity index (χ1v) is 8.62. The summed E-state index contributed by atoms with van der Waals surface area (Å²) in [5, 5.41) is 0. The number of carbonyl (C=O) groups is 1. The SMILES string of the molecule is O=C(CC1CC2CCC1C2)c1cc2c(cc1Br)OCCO2. The largest absolute Gasteiger partial charge is 0.486 e. The molecule has 21 heavy (non-hydrogen) atoms. The predicted octanol–water partition coefficient (Wildman–Crippen LogP) is 4.23. The summed E-state index contributed by atoms with van der Waals surface area (Å²) < 4.78 is 12.0. The highest BCUT2D eigenvalue weighted by molar-refractivity contribution is 9.10. The summed E-state index contributed by atoms with van der Waals surface area (Å²) in [5.74, 6) is 3.92. The van der Waals surface area contributed by atoms with Crippen LogP contribution in [0.25, 0.3) is 0 Å². The van der Waals surface area contributed by atoms with Crippen LogP contribution in [0.15, 0.2) is 16.6 Å². The zero-order valence-corrected chi connectivity index (χ0v) is 13.5. The Morgan fingerprint density at radius 2 is 1.90 bits per heavy atom. The smallest absolute Gasteiger partial charge is 0.164 e. The number of hydrogen-bond donors (Lipinski definition) is 0. The van der Waals surface area contributed by atoms with Crippen molar-refractivity contribution in [3.05, 3.63) is 22.2 Å². The van der Waals surface area contributed by atoms with Crippen LogP contribution in [0.5, 0.6) is 11.5 Å². The second-order valence-corrected chi connectivity index (χ2v) is 7.39. The van der Waals surface area contributed by atoms with Crippen molar-refractivity contribution in [1.82, 2.24) is 0 Å². The molecule has 0 amide bonds. The molecule has 1 aromatic carbocycles. The van der Waals surface area contributed by atoms with Gasteiger partial charge < -0.3 is 9.47 Å². The van der Waals surface area contributed by atoms with Crippen LogP contribution < -0.4 is 9.47 Å². The zero-order chi connectivity index (χ0) is 14.4. The van der Waals surface area contributed by atoms with Gasteiger partial charge in [-0.25, -0.2) is 0 Å². The van der Waals surface area contributed by atoms with E-state index < -0.39 is 0 Å². The van der Waals surface area contributed by atoms with E-state index in [0.717, 1.165) is 27.6 Å². The van der Waals surface area contributed by atoms with Crippen LogP contribution in [-0.2, 0) is 0 Å². The van der Waals surface area contributed by atoms with E-state index >= 15 is 0 Å². The Bertz CT molecular complexity index is 584. The van der Waals surface area contributed by atoms with Gasteiger partial charge in [0.25, 0.3) is 0 Å². The van der Waals surface area contributed by atoms with Gasteiger partial charge in [-0.3, -0.25) is 4.79 Å². The summed E-state index contributed by atoms with van der Waals surface area (Å²) in [6.07, 6.45) is 5.98. The van der Waals surface area contributed by atoms with Crippen molar-refractivity contribution in [2.45, 2.75) is 32.1 Å². The van der Waals surface area contributed by atoms with Gasteiger partial charge in [0.05, 0.1) is 0 Å². The summed E-state index contributed by atoms with van der Waals surface area (Å²) in [5.41, 5.74) is 0.738. The molecular weight excluding hydrogens is 332 g/mol. The van der Waals surface area contributed by atoms with Crippen molar-refractivity contribution in [3.63, 3.8) is 0 Å². The van der Waals surface area contributed by atoms with Gasteiger partial charge in [-0.2, -0.15) is 0 Å². The van der Waals surface area contributed by atoms with Crippen molar-refractivity contribution in [1.29, 1.82) is 0 Å². The van der Waals surface area contributed by atoms with Gasteiger partial charge in [0.15, 0.2) is 17.3 Å². The Kier molecular flexibility index (Phi) is 3.44. The lowest BCUT2D eigenvalue weighted by Crippen LogP contribution is -2.18. The Morgan fingerprint density at radius 1 is 1.14 bits per heavy atom. The van der Waals surface area contributed by atoms with Gasteiger partial charge in [-0.05, 0) is 65.1 Å². The van der Waals surface area contributed by atoms with Crippen LogP contribution in [0.3, 0.4) is 0 Å². The normalized spacial score (nSPS) is 29.7. The van der Waals surface area contributed by atoms with E-state index in [9.17, 15) is 4.79 Å². The number of carbonyl (C=O) groups excluding carboxylic acids is 1. The standard InChI is InChI=1S/C17H19BrO3/c18-14-9-17-16(20-3-4-21-17)8-13(14)15(19)7-12-6-10-1-2-11(12)5-10/h8-12H,1-7H2. The number of fused-ring (bicyclic) bond motifs is 3. The van der Waals surface area contributed by atoms with Crippen LogP contribution in [-0.4, -0.2) is 19.0 Å². The van der Waals surface area contributed by atoms with Gasteiger partial charge in [0, 0.05) is 16.5 Å². The molecule has 3 atom stereocenters. The second-order valence-electron chi connectivity index (χ2n) is 6.54. The lowest BCUT2D eigenvalue weighted by Gasteiger charge is -2.22. The first kappa shape index (κ1) is 13.6. The fraction of sp³-hybridized carbons (Fsp3) is 0.588. The van der Waals surface area contributed by atoms with E-state index in [0.29, 0.717) is 31.3 Å². The summed E-state index contributed by atoms with van der Waals surface area (Å²) >= 11 is 3.51. The van der Waals surface area contributed by atoms with Crippen LogP contribution in [0.4, 0.5) is 0 Å². The van der Waals surface area contributed by atoms with Gasteiger partial charge in [-0.15, -0.1) is 0 Å². The molecule has 0 aromatic heterocycles. The zero-order valence-electron chi connectivity index (χ0n) is 11.9. The molecule has 0 N–H and O–H groups in total. The van der Waals surface area contributed by atoms with Crippen molar-refractivity contribution in [2.24, 2.45) is 17.8 Å². The third kappa shape index (κ3) is 2.48. The molecule has 2 aliphatic carbocycles. The highest BCUT2D eigenvalue weighted by Crippen LogP contribution is 2.50. The van der Waals surface area contributed by atoms with E-state index in [1.165, 1.54) is 25.7 Å². The van der Waals surface area contributed by atoms with Crippen molar-refractivity contribution in [3.8, 4) is 11.5 Å². The second kappa shape index (κ2) is 5.31. The molecule has 1 heterocycles. The molecule has 0 saturated heterocycles. The molecule has 4 heteroatoms. The number of ether oxygens (including phenoxy) is 2. The minimum atomic E-state index is 0.233. The van der Waals surface area contributed by atoms with E-state index in [1.807, 2.05) is 12.1 Å². The summed E-state index contributed by atoms with van der Waals surface area (Å²) in [4.78, 5) is 12.7. The first-order valence-electron chi connectivity index (χ1n) is 7.83. The average Bonchev–Trinajstić information content (AvgIpc) is 3.09. The van der Waals surface area contributed by atoms with Crippen molar-refractivity contribution < 1.29 is 14.3 Å². The van der Waals surface area contributed by atoms with Gasteiger partial charge in [0.2, 0.25) is 0 Å². The van der Waals surface area contributed by atoms with Crippen molar-refractivity contribution >= 4 is 21.7 Å². The average molecular weight is 351 g/mol. The maximum atomic E-state index is 12.7. The Labute approximate surface area is 133 Å². The van der Waals surface area contributed by atoms with Crippen molar-refractivity contribution in [2.75, 3.05) is 13.2 Å². The molecule has 112 valence electrons. The molecule has 2 bridgehead atoms. The van der Waals surface area contributed by atoms with Crippen LogP contribution in [0.1, 0.15) is 42.5 Å². The predicted molar refractivity (Wildman–Crippen MR) is 83.0 cm³/mol. The number of hydrogen-bond acceptors (Lipinski definition) is 3. The maximum Gasteiger partial charge on any atom is 0.164 e. The molecule has 1 aromatic rings. The monoisotopic (exact) mass is 350 g/mol. The molecular formula is C17H19BrO3. The van der Waals surface area contributed by atoms with Crippen LogP contribution in [0, 0.1) is 17.8 Å². The van der Waals surface area contributed by atoms with Crippen LogP contribution >= 0.6 is 15.9 Å². The Hall–Kier alpha value is -1.03. The first-order chi connectivity index (χ1) is 10.2. The molecule has 2 saturated carbocycles. The molecule has 0 spiro atoms. The maximum absolute atomic E-state index is 12.7. The fourth-order valence-corrected chi connectivity index (χ4v) is 4.80. The number of benzene rings is 1. The lowest BCUT2D eigenvalue weighted by molar-refractivity contribution is 0.0942. The van der Waals surface area contributed by atoms with Gasteiger partial charge >= 0.3 is 0 Å². The molecule has 2 fully saturated rings. The van der Waals surface area contributed by atoms with E-state index in [4.69, 9.17) is 9.47 Å². The molecule has 3 unspecified atom stereocenters. The van der Waals surface area contributed by atoms with E-state index in [2.05, 4.69) is 15.9 Å².